The van der Waals surface area contributed by atoms with Crippen molar-refractivity contribution in [3.63, 3.8) is 0 Å². The molecule has 1 aliphatic rings. The van der Waals surface area contributed by atoms with Crippen LogP contribution in [0.1, 0.15) is 42.7 Å². The summed E-state index contributed by atoms with van der Waals surface area (Å²) in [5.74, 6) is -2.45. The van der Waals surface area contributed by atoms with E-state index < -0.39 is 24.1 Å². The van der Waals surface area contributed by atoms with Crippen LogP contribution in [-0.2, 0) is 4.79 Å². The molecule has 0 bridgehead atoms. The van der Waals surface area contributed by atoms with Gasteiger partial charge in [-0.25, -0.2) is 0 Å². The van der Waals surface area contributed by atoms with Gasteiger partial charge in [-0.3, -0.25) is 4.79 Å². The number of nitrogens with one attached hydrogen (secondary N) is 1. The average Bonchev–Trinajstić information content (AvgIpc) is 2.63. The van der Waals surface area contributed by atoms with Gasteiger partial charge < -0.3 is 5.32 Å². The highest BCUT2D eigenvalue weighted by Crippen LogP contribution is 2.38. The highest BCUT2D eigenvalue weighted by atomic mass is 19.4. The summed E-state index contributed by atoms with van der Waals surface area (Å²) < 4.78 is 40.0. The van der Waals surface area contributed by atoms with Crippen molar-refractivity contribution < 1.29 is 18.0 Å². The van der Waals surface area contributed by atoms with Crippen molar-refractivity contribution >= 4 is 5.91 Å². The molecule has 0 radical (unpaired) electrons. The first-order chi connectivity index (χ1) is 12.5. The summed E-state index contributed by atoms with van der Waals surface area (Å²) >= 11 is 0. The summed E-state index contributed by atoms with van der Waals surface area (Å²) in [7, 11) is 0. The van der Waals surface area contributed by atoms with Crippen LogP contribution in [0.15, 0.2) is 60.7 Å². The van der Waals surface area contributed by atoms with Crippen molar-refractivity contribution in [1.29, 1.82) is 0 Å². The predicted molar refractivity (Wildman–Crippen MR) is 94.7 cm³/mol. The number of rotatable bonds is 4. The van der Waals surface area contributed by atoms with Crippen LogP contribution in [0.25, 0.3) is 0 Å². The standard InChI is InChI=1S/C21H22F3NO/c22-21(23,24)17-13-7-8-14-18(17)25-20(26)19(15-9-3-1-4-10-15)16-11-5-2-6-12-16/h1-6,9-12,17-19H,7-8,13-14H2,(H,25,26)/t17-,18-/m1/s1. The minimum absolute atomic E-state index is 0.0792. The molecule has 2 nitrogen and oxygen atoms in total. The Morgan fingerprint density at radius 2 is 1.38 bits per heavy atom. The zero-order valence-corrected chi connectivity index (χ0v) is 14.4. The molecule has 0 saturated heterocycles. The zero-order valence-electron chi connectivity index (χ0n) is 14.4. The molecule has 1 fully saturated rings. The third kappa shape index (κ3) is 4.26. The molecule has 0 aliphatic heterocycles. The molecule has 0 aromatic heterocycles. The van der Waals surface area contributed by atoms with Crippen LogP contribution in [0.3, 0.4) is 0 Å². The topological polar surface area (TPSA) is 29.1 Å². The van der Waals surface area contributed by atoms with Gasteiger partial charge in [0.2, 0.25) is 5.91 Å². The summed E-state index contributed by atoms with van der Waals surface area (Å²) in [6, 6.07) is 17.5. The fraction of sp³-hybridized carbons (Fsp3) is 0.381. The molecule has 1 aliphatic carbocycles. The van der Waals surface area contributed by atoms with Crippen molar-refractivity contribution in [1.82, 2.24) is 5.32 Å². The maximum atomic E-state index is 13.3. The van der Waals surface area contributed by atoms with E-state index >= 15 is 0 Å². The molecular formula is C21H22F3NO. The number of benzene rings is 2. The van der Waals surface area contributed by atoms with Crippen LogP contribution in [-0.4, -0.2) is 18.1 Å². The summed E-state index contributed by atoms with van der Waals surface area (Å²) in [5.41, 5.74) is 1.55. The lowest BCUT2D eigenvalue weighted by Gasteiger charge is -2.34. The maximum absolute atomic E-state index is 13.3. The molecule has 0 spiro atoms. The molecular weight excluding hydrogens is 339 g/mol. The second-order valence-corrected chi connectivity index (χ2v) is 6.80. The van der Waals surface area contributed by atoms with Crippen molar-refractivity contribution in [2.75, 3.05) is 0 Å². The van der Waals surface area contributed by atoms with Gasteiger partial charge >= 0.3 is 6.18 Å². The van der Waals surface area contributed by atoms with E-state index in [0.717, 1.165) is 11.1 Å². The van der Waals surface area contributed by atoms with Crippen LogP contribution in [0.4, 0.5) is 13.2 Å². The SMILES string of the molecule is O=C(N[C@@H]1CCCC[C@H]1C(F)(F)F)C(c1ccccc1)c1ccccc1. The fourth-order valence-corrected chi connectivity index (χ4v) is 3.75. The summed E-state index contributed by atoms with van der Waals surface area (Å²) in [5, 5.41) is 2.71. The monoisotopic (exact) mass is 361 g/mol. The Hall–Kier alpha value is -2.30. The molecule has 1 amide bonds. The van der Waals surface area contributed by atoms with E-state index in [0.29, 0.717) is 19.3 Å². The largest absolute Gasteiger partial charge is 0.393 e. The molecule has 0 unspecified atom stereocenters. The number of carbonyl (C=O) groups excluding carboxylic acids is 1. The van der Waals surface area contributed by atoms with Crippen LogP contribution in [0.2, 0.25) is 0 Å². The van der Waals surface area contributed by atoms with Crippen LogP contribution < -0.4 is 5.32 Å². The molecule has 3 rings (SSSR count). The average molecular weight is 361 g/mol. The Kier molecular flexibility index (Phi) is 5.64. The van der Waals surface area contributed by atoms with Crippen molar-refractivity contribution in [3.05, 3.63) is 71.8 Å². The third-order valence-corrected chi connectivity index (χ3v) is 5.04. The van der Waals surface area contributed by atoms with E-state index in [1.807, 2.05) is 60.7 Å². The Bertz CT molecular complexity index is 676. The second-order valence-electron chi connectivity index (χ2n) is 6.80. The molecule has 2 aromatic rings. The molecule has 138 valence electrons. The number of alkyl halides is 3. The molecule has 0 heterocycles. The van der Waals surface area contributed by atoms with E-state index in [-0.39, 0.29) is 12.3 Å². The van der Waals surface area contributed by atoms with Gasteiger partial charge in [0.05, 0.1) is 11.8 Å². The molecule has 5 heteroatoms. The Morgan fingerprint density at radius 3 is 1.88 bits per heavy atom. The van der Waals surface area contributed by atoms with Crippen LogP contribution in [0.5, 0.6) is 0 Å². The Labute approximate surface area is 151 Å². The van der Waals surface area contributed by atoms with Gasteiger partial charge in [-0.1, -0.05) is 73.5 Å². The van der Waals surface area contributed by atoms with Gasteiger partial charge in [0.1, 0.15) is 0 Å². The Morgan fingerprint density at radius 1 is 0.885 bits per heavy atom. The fourth-order valence-electron chi connectivity index (χ4n) is 3.75. The molecule has 26 heavy (non-hydrogen) atoms. The minimum Gasteiger partial charge on any atom is -0.352 e. The summed E-state index contributed by atoms with van der Waals surface area (Å²) in [6.07, 6.45) is -2.58. The van der Waals surface area contributed by atoms with Gasteiger partial charge in [-0.15, -0.1) is 0 Å². The normalized spacial score (nSPS) is 20.8. The highest BCUT2D eigenvalue weighted by Gasteiger charge is 2.46. The number of hydrogen-bond donors (Lipinski definition) is 1. The quantitative estimate of drug-likeness (QED) is 0.811. The van der Waals surface area contributed by atoms with Crippen molar-refractivity contribution in [2.24, 2.45) is 5.92 Å². The van der Waals surface area contributed by atoms with E-state index in [2.05, 4.69) is 5.32 Å². The van der Waals surface area contributed by atoms with Gasteiger partial charge in [-0.2, -0.15) is 13.2 Å². The smallest absolute Gasteiger partial charge is 0.352 e. The van der Waals surface area contributed by atoms with Gasteiger partial charge in [0.25, 0.3) is 0 Å². The molecule has 2 aromatic carbocycles. The van der Waals surface area contributed by atoms with Crippen molar-refractivity contribution in [3.8, 4) is 0 Å². The lowest BCUT2D eigenvalue weighted by Crippen LogP contribution is -2.49. The first kappa shape index (κ1) is 18.5. The predicted octanol–water partition coefficient (Wildman–Crippen LogP) is 5.06. The van der Waals surface area contributed by atoms with E-state index in [1.54, 1.807) is 0 Å². The molecule has 1 saturated carbocycles. The van der Waals surface area contributed by atoms with E-state index in [1.165, 1.54) is 0 Å². The third-order valence-electron chi connectivity index (χ3n) is 5.04. The van der Waals surface area contributed by atoms with Crippen LogP contribution in [0, 0.1) is 5.92 Å². The first-order valence-corrected chi connectivity index (χ1v) is 8.94. The number of carbonyl (C=O) groups is 1. The van der Waals surface area contributed by atoms with Gasteiger partial charge in [-0.05, 0) is 24.0 Å². The van der Waals surface area contributed by atoms with E-state index in [4.69, 9.17) is 0 Å². The molecule has 2 atom stereocenters. The van der Waals surface area contributed by atoms with Gasteiger partial charge in [0.15, 0.2) is 0 Å². The zero-order chi connectivity index (χ0) is 18.6. The van der Waals surface area contributed by atoms with Gasteiger partial charge in [0, 0.05) is 6.04 Å². The lowest BCUT2D eigenvalue weighted by atomic mass is 9.83. The first-order valence-electron chi connectivity index (χ1n) is 8.94. The second kappa shape index (κ2) is 7.94. The lowest BCUT2D eigenvalue weighted by molar-refractivity contribution is -0.189. The Balaban J connectivity index is 1.86. The minimum atomic E-state index is -4.28. The summed E-state index contributed by atoms with van der Waals surface area (Å²) in [4.78, 5) is 13.0. The molecule has 1 N–H and O–H groups in total. The number of halogens is 3. The van der Waals surface area contributed by atoms with Crippen molar-refractivity contribution in [2.45, 2.75) is 43.8 Å². The number of amides is 1. The maximum Gasteiger partial charge on any atom is 0.393 e. The number of hydrogen-bond acceptors (Lipinski definition) is 1. The summed E-state index contributed by atoms with van der Waals surface area (Å²) in [6.45, 7) is 0. The van der Waals surface area contributed by atoms with E-state index in [9.17, 15) is 18.0 Å². The van der Waals surface area contributed by atoms with Crippen LogP contribution >= 0.6 is 0 Å². The highest BCUT2D eigenvalue weighted by molar-refractivity contribution is 5.87.